The fourth-order valence-electron chi connectivity index (χ4n) is 2.25. The molecule has 0 unspecified atom stereocenters. The molecule has 1 aliphatic rings. The molecule has 2 amide bonds. The lowest BCUT2D eigenvalue weighted by Gasteiger charge is -2.11. The van der Waals surface area contributed by atoms with Crippen LogP contribution in [0, 0.1) is 5.82 Å². The number of hydrogen-bond donors (Lipinski definition) is 0. The first-order valence-electron chi connectivity index (χ1n) is 7.24. The topological polar surface area (TPSA) is 54.5 Å². The van der Waals surface area contributed by atoms with E-state index in [9.17, 15) is 18.8 Å². The number of Topliss-reactive ketones (excluding diaryl/α,β-unsaturated/α-hetero) is 1. The Hall–Kier alpha value is -2.44. The van der Waals surface area contributed by atoms with Crippen LogP contribution in [0.15, 0.2) is 53.4 Å². The van der Waals surface area contributed by atoms with Crippen molar-refractivity contribution in [2.24, 2.45) is 0 Å². The van der Waals surface area contributed by atoms with Crippen LogP contribution >= 0.6 is 23.4 Å². The van der Waals surface area contributed by atoms with Crippen molar-refractivity contribution in [3.05, 3.63) is 75.4 Å². The lowest BCUT2D eigenvalue weighted by Crippen LogP contribution is -2.33. The van der Waals surface area contributed by atoms with E-state index in [-0.39, 0.29) is 17.2 Å². The Kier molecular flexibility index (Phi) is 5.01. The molecule has 3 rings (SSSR count). The number of amides is 2. The first kappa shape index (κ1) is 17.4. The van der Waals surface area contributed by atoms with Crippen LogP contribution in [0.3, 0.4) is 0 Å². The predicted molar refractivity (Wildman–Crippen MR) is 94.9 cm³/mol. The fraction of sp³-hybridized carbons (Fsp3) is 0.0556. The highest BCUT2D eigenvalue weighted by Gasteiger charge is 2.36. The van der Waals surface area contributed by atoms with Crippen molar-refractivity contribution in [2.75, 3.05) is 6.54 Å². The van der Waals surface area contributed by atoms with Crippen molar-refractivity contribution in [3.8, 4) is 0 Å². The van der Waals surface area contributed by atoms with Gasteiger partial charge in [0.05, 0.1) is 11.4 Å². The van der Waals surface area contributed by atoms with Crippen molar-refractivity contribution >= 4 is 46.4 Å². The van der Waals surface area contributed by atoms with Crippen LogP contribution < -0.4 is 0 Å². The van der Waals surface area contributed by atoms with Crippen LogP contribution in [0.2, 0.25) is 5.02 Å². The molecule has 2 aromatic carbocycles. The molecule has 1 heterocycles. The Labute approximate surface area is 152 Å². The number of carbonyl (C=O) groups excluding carboxylic acids is 3. The van der Waals surface area contributed by atoms with Crippen LogP contribution in [0.5, 0.6) is 0 Å². The van der Waals surface area contributed by atoms with Gasteiger partial charge in [0.1, 0.15) is 5.82 Å². The molecule has 25 heavy (non-hydrogen) atoms. The first-order valence-corrected chi connectivity index (χ1v) is 8.43. The number of rotatable bonds is 4. The van der Waals surface area contributed by atoms with Gasteiger partial charge in [-0.1, -0.05) is 23.7 Å². The van der Waals surface area contributed by atoms with E-state index in [1.54, 1.807) is 18.2 Å². The normalized spacial score (nSPS) is 15.9. The molecule has 0 aliphatic carbocycles. The van der Waals surface area contributed by atoms with Gasteiger partial charge in [-0.15, -0.1) is 0 Å². The van der Waals surface area contributed by atoms with Crippen LogP contribution in [0.4, 0.5) is 9.18 Å². The zero-order valence-electron chi connectivity index (χ0n) is 12.7. The van der Waals surface area contributed by atoms with Gasteiger partial charge < -0.3 is 0 Å². The maximum Gasteiger partial charge on any atom is 0.293 e. The van der Waals surface area contributed by atoms with Gasteiger partial charge >= 0.3 is 0 Å². The van der Waals surface area contributed by atoms with Crippen molar-refractivity contribution in [3.63, 3.8) is 0 Å². The van der Waals surface area contributed by atoms with Crippen molar-refractivity contribution < 1.29 is 18.8 Å². The Morgan fingerprint density at radius 2 is 1.88 bits per heavy atom. The third kappa shape index (κ3) is 3.97. The largest absolute Gasteiger partial charge is 0.293 e. The Morgan fingerprint density at radius 1 is 1.16 bits per heavy atom. The summed E-state index contributed by atoms with van der Waals surface area (Å²) in [7, 11) is 0. The van der Waals surface area contributed by atoms with Crippen LogP contribution in [0.25, 0.3) is 6.08 Å². The molecule has 0 bridgehead atoms. The van der Waals surface area contributed by atoms with Crippen molar-refractivity contribution in [1.82, 2.24) is 4.90 Å². The molecule has 7 heteroatoms. The molecule has 0 aromatic heterocycles. The van der Waals surface area contributed by atoms with E-state index in [2.05, 4.69) is 0 Å². The van der Waals surface area contributed by atoms with Crippen molar-refractivity contribution in [2.45, 2.75) is 0 Å². The monoisotopic (exact) mass is 375 g/mol. The summed E-state index contributed by atoms with van der Waals surface area (Å²) in [4.78, 5) is 37.7. The minimum Gasteiger partial charge on any atom is -0.292 e. The third-order valence-electron chi connectivity index (χ3n) is 3.49. The van der Waals surface area contributed by atoms with Gasteiger partial charge in [0.15, 0.2) is 5.78 Å². The molecule has 2 aromatic rings. The van der Waals surface area contributed by atoms with Crippen LogP contribution in [-0.2, 0) is 4.79 Å². The van der Waals surface area contributed by atoms with E-state index in [1.165, 1.54) is 36.4 Å². The molecule has 126 valence electrons. The standard InChI is InChI=1S/C18H11ClFNO3S/c19-13-6-4-12(5-7-13)15(22)10-21-17(23)16(25-18(21)24)9-11-2-1-3-14(20)8-11/h1-9H,10H2/b16-9+. The van der Waals surface area contributed by atoms with Gasteiger partial charge in [-0.05, 0) is 59.8 Å². The molecule has 0 N–H and O–H groups in total. The molecule has 1 saturated heterocycles. The average Bonchev–Trinajstić information content (AvgIpc) is 2.83. The summed E-state index contributed by atoms with van der Waals surface area (Å²) in [5.74, 6) is -1.38. The second kappa shape index (κ2) is 7.21. The maximum atomic E-state index is 13.2. The van der Waals surface area contributed by atoms with Crippen LogP contribution in [-0.4, -0.2) is 28.4 Å². The fourth-order valence-corrected chi connectivity index (χ4v) is 3.22. The second-order valence-corrected chi connectivity index (χ2v) is 6.68. The van der Waals surface area contributed by atoms with E-state index in [0.717, 1.165) is 16.7 Å². The quantitative estimate of drug-likeness (QED) is 0.587. The number of imide groups is 1. The predicted octanol–water partition coefficient (Wildman–Crippen LogP) is 4.40. The molecule has 0 radical (unpaired) electrons. The maximum absolute atomic E-state index is 13.2. The highest BCUT2D eigenvalue weighted by atomic mass is 35.5. The first-order chi connectivity index (χ1) is 11.9. The Bertz CT molecular complexity index is 895. The SMILES string of the molecule is O=C(CN1C(=O)S/C(=C/c2cccc(F)c2)C1=O)c1ccc(Cl)cc1. The van der Waals surface area contributed by atoms with Gasteiger partial charge in [-0.25, -0.2) is 4.39 Å². The summed E-state index contributed by atoms with van der Waals surface area (Å²) in [6, 6.07) is 11.9. The summed E-state index contributed by atoms with van der Waals surface area (Å²) >= 11 is 6.50. The van der Waals surface area contributed by atoms with Gasteiger partial charge in [0.2, 0.25) is 0 Å². The number of hydrogen-bond acceptors (Lipinski definition) is 4. The van der Waals surface area contributed by atoms with Crippen molar-refractivity contribution in [1.29, 1.82) is 0 Å². The Morgan fingerprint density at radius 3 is 2.56 bits per heavy atom. The lowest BCUT2D eigenvalue weighted by atomic mass is 10.1. The van der Waals surface area contributed by atoms with Gasteiger partial charge in [0.25, 0.3) is 11.1 Å². The minimum absolute atomic E-state index is 0.152. The molecule has 0 atom stereocenters. The van der Waals surface area contributed by atoms with Gasteiger partial charge in [-0.2, -0.15) is 0 Å². The highest BCUT2D eigenvalue weighted by molar-refractivity contribution is 8.18. The molecular weight excluding hydrogens is 365 g/mol. The van der Waals surface area contributed by atoms with Gasteiger partial charge in [-0.3, -0.25) is 19.3 Å². The molecule has 4 nitrogen and oxygen atoms in total. The molecular formula is C18H11ClFNO3S. The number of carbonyl (C=O) groups is 3. The van der Waals surface area contributed by atoms with E-state index in [1.807, 2.05) is 0 Å². The zero-order valence-corrected chi connectivity index (χ0v) is 14.3. The number of halogens is 2. The minimum atomic E-state index is -0.568. The number of ketones is 1. The van der Waals surface area contributed by atoms with E-state index in [4.69, 9.17) is 11.6 Å². The van der Waals surface area contributed by atoms with E-state index in [0.29, 0.717) is 16.1 Å². The molecule has 1 aliphatic heterocycles. The number of thioether (sulfide) groups is 1. The summed E-state index contributed by atoms with van der Waals surface area (Å²) in [5, 5.41) is -0.0456. The van der Waals surface area contributed by atoms with Crippen LogP contribution in [0.1, 0.15) is 15.9 Å². The zero-order chi connectivity index (χ0) is 18.0. The van der Waals surface area contributed by atoms with Gasteiger partial charge in [0, 0.05) is 10.6 Å². The van der Waals surface area contributed by atoms with E-state index < -0.39 is 17.0 Å². The average molecular weight is 376 g/mol. The lowest BCUT2D eigenvalue weighted by molar-refractivity contribution is -0.122. The summed E-state index contributed by atoms with van der Waals surface area (Å²) in [6.07, 6.45) is 1.43. The second-order valence-electron chi connectivity index (χ2n) is 5.25. The summed E-state index contributed by atoms with van der Waals surface area (Å²) in [5.41, 5.74) is 0.826. The third-order valence-corrected chi connectivity index (χ3v) is 4.65. The Balaban J connectivity index is 1.77. The molecule has 0 spiro atoms. The molecule has 0 saturated carbocycles. The highest BCUT2D eigenvalue weighted by Crippen LogP contribution is 2.32. The summed E-state index contributed by atoms with van der Waals surface area (Å²) in [6.45, 7) is -0.354. The molecule has 1 fully saturated rings. The van der Waals surface area contributed by atoms with E-state index >= 15 is 0 Å². The summed E-state index contributed by atoms with van der Waals surface area (Å²) < 4.78 is 13.2. The number of nitrogens with zero attached hydrogens (tertiary/aromatic N) is 1. The number of benzene rings is 2. The smallest absolute Gasteiger partial charge is 0.292 e.